The fourth-order valence-corrected chi connectivity index (χ4v) is 1.82. The van der Waals surface area contributed by atoms with Crippen molar-refractivity contribution in [1.29, 1.82) is 0 Å². The molecular weight excluding hydrogens is 247 g/mol. The van der Waals surface area contributed by atoms with Crippen LogP contribution >= 0.6 is 0 Å². The van der Waals surface area contributed by atoms with Crippen LogP contribution in [-0.2, 0) is 4.74 Å². The number of anilines is 1. The molecule has 1 atom stereocenters. The van der Waals surface area contributed by atoms with E-state index in [9.17, 15) is 13.2 Å². The highest BCUT2D eigenvalue weighted by atomic mass is 19.4. The van der Waals surface area contributed by atoms with Gasteiger partial charge >= 0.3 is 6.36 Å². The molecule has 0 aromatic heterocycles. The van der Waals surface area contributed by atoms with Crippen LogP contribution in [0, 0.1) is 5.92 Å². The van der Waals surface area contributed by atoms with Crippen LogP contribution in [0.15, 0.2) is 24.3 Å². The minimum atomic E-state index is -4.67. The molecule has 1 aromatic carbocycles. The third-order valence-electron chi connectivity index (χ3n) is 2.72. The lowest BCUT2D eigenvalue weighted by atomic mass is 10.1. The Kier molecular flexibility index (Phi) is 3.96. The first-order valence-electron chi connectivity index (χ1n) is 5.71. The van der Waals surface area contributed by atoms with E-state index in [4.69, 9.17) is 4.74 Å². The van der Waals surface area contributed by atoms with Gasteiger partial charge in [0.1, 0.15) is 0 Å². The Labute approximate surface area is 103 Å². The van der Waals surface area contributed by atoms with Crippen LogP contribution in [0.25, 0.3) is 0 Å². The molecule has 2 rings (SSSR count). The summed E-state index contributed by atoms with van der Waals surface area (Å²) in [7, 11) is 0. The summed E-state index contributed by atoms with van der Waals surface area (Å²) in [6.07, 6.45) is -3.75. The van der Waals surface area contributed by atoms with Gasteiger partial charge < -0.3 is 14.8 Å². The molecular formula is C12H14F3NO2. The van der Waals surface area contributed by atoms with Gasteiger partial charge in [-0.15, -0.1) is 13.2 Å². The van der Waals surface area contributed by atoms with E-state index in [1.54, 1.807) is 12.1 Å². The van der Waals surface area contributed by atoms with Crippen molar-refractivity contribution in [1.82, 2.24) is 0 Å². The Morgan fingerprint density at radius 3 is 2.78 bits per heavy atom. The minimum absolute atomic E-state index is 0.205. The van der Waals surface area contributed by atoms with Gasteiger partial charge in [-0.25, -0.2) is 0 Å². The predicted octanol–water partition coefficient (Wildman–Crippen LogP) is 3.03. The number of hydrogen-bond acceptors (Lipinski definition) is 3. The molecule has 0 aliphatic carbocycles. The van der Waals surface area contributed by atoms with Crippen LogP contribution < -0.4 is 10.1 Å². The van der Waals surface area contributed by atoms with E-state index in [0.717, 1.165) is 6.42 Å². The summed E-state index contributed by atoms with van der Waals surface area (Å²) in [4.78, 5) is 0. The van der Waals surface area contributed by atoms with E-state index in [2.05, 4.69) is 10.1 Å². The van der Waals surface area contributed by atoms with Crippen LogP contribution in [0.3, 0.4) is 0 Å². The first-order valence-corrected chi connectivity index (χ1v) is 5.71. The normalized spacial score (nSPS) is 19.8. The maximum Gasteiger partial charge on any atom is 0.573 e. The number of hydrogen-bond donors (Lipinski definition) is 1. The first-order chi connectivity index (χ1) is 8.54. The highest BCUT2D eigenvalue weighted by molar-refractivity contribution is 5.56. The maximum atomic E-state index is 12.2. The molecule has 6 heteroatoms. The maximum absolute atomic E-state index is 12.2. The second-order valence-electron chi connectivity index (χ2n) is 4.15. The molecule has 1 heterocycles. The lowest BCUT2D eigenvalue weighted by Gasteiger charge is -2.16. The van der Waals surface area contributed by atoms with E-state index in [0.29, 0.717) is 31.4 Å². The van der Waals surface area contributed by atoms with Crippen molar-refractivity contribution in [2.45, 2.75) is 12.8 Å². The minimum Gasteiger partial charge on any atom is -0.404 e. The van der Waals surface area contributed by atoms with Crippen molar-refractivity contribution in [2.24, 2.45) is 5.92 Å². The Morgan fingerprint density at radius 2 is 2.11 bits per heavy atom. The molecule has 0 saturated carbocycles. The Balaban J connectivity index is 1.98. The van der Waals surface area contributed by atoms with E-state index < -0.39 is 6.36 Å². The van der Waals surface area contributed by atoms with Crippen molar-refractivity contribution >= 4 is 5.69 Å². The van der Waals surface area contributed by atoms with Crippen LogP contribution in [0.1, 0.15) is 6.42 Å². The largest absolute Gasteiger partial charge is 0.573 e. The van der Waals surface area contributed by atoms with Gasteiger partial charge in [0.2, 0.25) is 0 Å². The number of ether oxygens (including phenoxy) is 2. The number of benzene rings is 1. The molecule has 18 heavy (non-hydrogen) atoms. The van der Waals surface area contributed by atoms with E-state index in [1.807, 2.05) is 0 Å². The van der Waals surface area contributed by atoms with Gasteiger partial charge in [0.05, 0.1) is 12.3 Å². The summed E-state index contributed by atoms with van der Waals surface area (Å²) >= 11 is 0. The van der Waals surface area contributed by atoms with Crippen LogP contribution in [0.2, 0.25) is 0 Å². The summed E-state index contributed by atoms with van der Waals surface area (Å²) in [5, 5.41) is 2.97. The molecule has 1 unspecified atom stereocenters. The van der Waals surface area contributed by atoms with Crippen LogP contribution in [0.5, 0.6) is 5.75 Å². The standard InChI is InChI=1S/C12H14F3NO2/c13-12(14,15)18-11-4-2-1-3-10(11)16-7-9-5-6-17-8-9/h1-4,9,16H,5-8H2. The average Bonchev–Trinajstić information content (AvgIpc) is 2.79. The average molecular weight is 261 g/mol. The van der Waals surface area contributed by atoms with E-state index >= 15 is 0 Å². The molecule has 1 fully saturated rings. The third kappa shape index (κ3) is 3.80. The van der Waals surface area contributed by atoms with Gasteiger partial charge in [-0.05, 0) is 18.6 Å². The molecule has 1 saturated heterocycles. The Bertz CT molecular complexity index is 389. The number of alkyl halides is 3. The van der Waals surface area contributed by atoms with Crippen LogP contribution in [-0.4, -0.2) is 26.1 Å². The van der Waals surface area contributed by atoms with Gasteiger partial charge in [0.15, 0.2) is 5.75 Å². The molecule has 1 N–H and O–H groups in total. The summed E-state index contributed by atoms with van der Waals surface area (Å²) in [6.45, 7) is 1.95. The van der Waals surface area contributed by atoms with Crippen molar-refractivity contribution in [3.63, 3.8) is 0 Å². The van der Waals surface area contributed by atoms with Crippen molar-refractivity contribution < 1.29 is 22.6 Å². The lowest BCUT2D eigenvalue weighted by Crippen LogP contribution is -2.19. The monoisotopic (exact) mass is 261 g/mol. The summed E-state index contributed by atoms with van der Waals surface area (Å²) in [5.41, 5.74) is 0.349. The number of para-hydroxylation sites is 2. The third-order valence-corrected chi connectivity index (χ3v) is 2.72. The number of rotatable bonds is 4. The first kappa shape index (κ1) is 13.0. The SMILES string of the molecule is FC(F)(F)Oc1ccccc1NCC1CCOC1. The number of nitrogens with one attached hydrogen (secondary N) is 1. The van der Waals surface area contributed by atoms with E-state index in [1.165, 1.54) is 12.1 Å². The van der Waals surface area contributed by atoms with Crippen molar-refractivity contribution in [3.8, 4) is 5.75 Å². The van der Waals surface area contributed by atoms with Gasteiger partial charge in [-0.2, -0.15) is 0 Å². The second-order valence-corrected chi connectivity index (χ2v) is 4.15. The Morgan fingerprint density at radius 1 is 1.33 bits per heavy atom. The molecule has 0 bridgehead atoms. The van der Waals surface area contributed by atoms with Crippen molar-refractivity contribution in [2.75, 3.05) is 25.1 Å². The van der Waals surface area contributed by atoms with Gasteiger partial charge in [-0.3, -0.25) is 0 Å². The number of halogens is 3. The summed E-state index contributed by atoms with van der Waals surface area (Å²) in [5.74, 6) is 0.132. The zero-order valence-corrected chi connectivity index (χ0v) is 9.67. The van der Waals surface area contributed by atoms with Gasteiger partial charge in [0, 0.05) is 19.1 Å². The summed E-state index contributed by atoms with van der Waals surface area (Å²) in [6, 6.07) is 6.03. The highest BCUT2D eigenvalue weighted by Crippen LogP contribution is 2.30. The lowest BCUT2D eigenvalue weighted by molar-refractivity contribution is -0.274. The molecule has 0 radical (unpaired) electrons. The molecule has 3 nitrogen and oxygen atoms in total. The topological polar surface area (TPSA) is 30.5 Å². The zero-order valence-electron chi connectivity index (χ0n) is 9.67. The smallest absolute Gasteiger partial charge is 0.404 e. The molecule has 1 aliphatic rings. The molecule has 1 aromatic rings. The summed E-state index contributed by atoms with van der Waals surface area (Å²) < 4.78 is 45.7. The molecule has 0 spiro atoms. The van der Waals surface area contributed by atoms with Crippen LogP contribution in [0.4, 0.5) is 18.9 Å². The van der Waals surface area contributed by atoms with Gasteiger partial charge in [-0.1, -0.05) is 12.1 Å². The van der Waals surface area contributed by atoms with E-state index in [-0.39, 0.29) is 5.75 Å². The van der Waals surface area contributed by atoms with Crippen molar-refractivity contribution in [3.05, 3.63) is 24.3 Å². The highest BCUT2D eigenvalue weighted by Gasteiger charge is 2.32. The van der Waals surface area contributed by atoms with Gasteiger partial charge in [0.25, 0.3) is 0 Å². The fourth-order valence-electron chi connectivity index (χ4n) is 1.82. The fraction of sp³-hybridized carbons (Fsp3) is 0.500. The predicted molar refractivity (Wildman–Crippen MR) is 60.5 cm³/mol. The molecule has 1 aliphatic heterocycles. The molecule has 100 valence electrons. The quantitative estimate of drug-likeness (QED) is 0.903. The zero-order chi connectivity index (χ0) is 13.0. The Hall–Kier alpha value is -1.43. The second kappa shape index (κ2) is 5.48. The molecule has 0 amide bonds.